The summed E-state index contributed by atoms with van der Waals surface area (Å²) in [5.74, 6) is -1.08. The van der Waals surface area contributed by atoms with Gasteiger partial charge in [-0.25, -0.2) is 0 Å². The van der Waals surface area contributed by atoms with Gasteiger partial charge in [0.2, 0.25) is 5.91 Å². The summed E-state index contributed by atoms with van der Waals surface area (Å²) in [6, 6.07) is 0. The lowest BCUT2D eigenvalue weighted by Gasteiger charge is -2.29. The van der Waals surface area contributed by atoms with Gasteiger partial charge < -0.3 is 15.2 Å². The summed E-state index contributed by atoms with van der Waals surface area (Å²) in [6.07, 6.45) is 3.91. The molecule has 5 heteroatoms. The zero-order valence-corrected chi connectivity index (χ0v) is 12.1. The Morgan fingerprint density at radius 3 is 2.53 bits per heavy atom. The van der Waals surface area contributed by atoms with Crippen molar-refractivity contribution in [3.63, 3.8) is 0 Å². The number of carboxylic acid groups (broad SMARTS) is 1. The van der Waals surface area contributed by atoms with Crippen molar-refractivity contribution < 1.29 is 19.4 Å². The van der Waals surface area contributed by atoms with Gasteiger partial charge in [-0.3, -0.25) is 9.59 Å². The first-order valence-electron chi connectivity index (χ1n) is 6.90. The monoisotopic (exact) mass is 271 g/mol. The van der Waals surface area contributed by atoms with Crippen LogP contribution in [0.25, 0.3) is 0 Å². The molecular weight excluding hydrogens is 246 g/mol. The summed E-state index contributed by atoms with van der Waals surface area (Å²) in [5, 5.41) is 12.0. The Morgan fingerprint density at radius 2 is 1.95 bits per heavy atom. The number of aliphatic carboxylic acids is 1. The van der Waals surface area contributed by atoms with E-state index in [0.29, 0.717) is 6.54 Å². The van der Waals surface area contributed by atoms with E-state index in [9.17, 15) is 9.59 Å². The lowest BCUT2D eigenvalue weighted by molar-refractivity contribution is -0.145. The Hall–Kier alpha value is -1.10. The Morgan fingerprint density at radius 1 is 1.32 bits per heavy atom. The lowest BCUT2D eigenvalue weighted by atomic mass is 9.79. The van der Waals surface area contributed by atoms with Gasteiger partial charge in [-0.05, 0) is 32.6 Å². The van der Waals surface area contributed by atoms with Gasteiger partial charge in [-0.1, -0.05) is 12.8 Å². The highest BCUT2D eigenvalue weighted by atomic mass is 16.5. The third-order valence-corrected chi connectivity index (χ3v) is 3.93. The van der Waals surface area contributed by atoms with E-state index >= 15 is 0 Å². The molecule has 0 saturated heterocycles. The summed E-state index contributed by atoms with van der Waals surface area (Å²) < 4.78 is 5.20. The first kappa shape index (κ1) is 16.0. The van der Waals surface area contributed by atoms with Crippen LogP contribution >= 0.6 is 0 Å². The first-order chi connectivity index (χ1) is 8.85. The maximum atomic E-state index is 11.8. The van der Waals surface area contributed by atoms with Crippen LogP contribution < -0.4 is 5.32 Å². The number of methoxy groups -OCH3 is 1. The fourth-order valence-electron chi connectivity index (χ4n) is 2.54. The molecule has 0 spiro atoms. The van der Waals surface area contributed by atoms with Crippen LogP contribution in [-0.2, 0) is 14.3 Å². The molecule has 0 aliphatic heterocycles. The molecule has 5 nitrogen and oxygen atoms in total. The smallest absolute Gasteiger partial charge is 0.306 e. The van der Waals surface area contributed by atoms with Crippen molar-refractivity contribution in [1.82, 2.24) is 5.32 Å². The number of nitrogens with one attached hydrogen (secondary N) is 1. The maximum Gasteiger partial charge on any atom is 0.306 e. The number of carbonyl (C=O) groups is 2. The third-order valence-electron chi connectivity index (χ3n) is 3.93. The van der Waals surface area contributed by atoms with E-state index in [1.54, 1.807) is 7.11 Å². The van der Waals surface area contributed by atoms with Crippen molar-refractivity contribution >= 4 is 11.9 Å². The van der Waals surface area contributed by atoms with Gasteiger partial charge in [0.05, 0.1) is 17.9 Å². The van der Waals surface area contributed by atoms with Crippen molar-refractivity contribution in [2.45, 2.75) is 51.6 Å². The highest BCUT2D eigenvalue weighted by Gasteiger charge is 2.31. The number of rotatable bonds is 6. The van der Waals surface area contributed by atoms with Crippen LogP contribution in [0.3, 0.4) is 0 Å². The average Bonchev–Trinajstić information content (AvgIpc) is 2.36. The molecule has 0 bridgehead atoms. The minimum Gasteiger partial charge on any atom is -0.481 e. The molecule has 2 unspecified atom stereocenters. The zero-order chi connectivity index (χ0) is 14.5. The van der Waals surface area contributed by atoms with Gasteiger partial charge in [0.15, 0.2) is 0 Å². The molecule has 0 radical (unpaired) electrons. The zero-order valence-electron chi connectivity index (χ0n) is 12.1. The van der Waals surface area contributed by atoms with Gasteiger partial charge in [-0.2, -0.15) is 0 Å². The van der Waals surface area contributed by atoms with E-state index in [0.717, 1.165) is 25.7 Å². The van der Waals surface area contributed by atoms with E-state index in [-0.39, 0.29) is 24.2 Å². The van der Waals surface area contributed by atoms with Gasteiger partial charge in [0, 0.05) is 13.7 Å². The van der Waals surface area contributed by atoms with Crippen LogP contribution in [0.2, 0.25) is 0 Å². The van der Waals surface area contributed by atoms with Crippen molar-refractivity contribution in [2.75, 3.05) is 13.7 Å². The number of amides is 1. The molecule has 0 heterocycles. The standard InChI is InChI=1S/C14H25NO4/c1-14(2,19-3)8-12(16)15-9-10-6-4-5-7-11(10)13(17)18/h10-11H,4-9H2,1-3H3,(H,15,16)(H,17,18). The molecule has 2 atom stereocenters. The maximum absolute atomic E-state index is 11.8. The molecule has 19 heavy (non-hydrogen) atoms. The van der Waals surface area contributed by atoms with Gasteiger partial charge >= 0.3 is 5.97 Å². The van der Waals surface area contributed by atoms with Gasteiger partial charge in [0.1, 0.15) is 0 Å². The second kappa shape index (κ2) is 6.89. The first-order valence-corrected chi connectivity index (χ1v) is 6.90. The number of carbonyl (C=O) groups excluding carboxylic acids is 1. The van der Waals surface area contributed by atoms with Gasteiger partial charge in [0.25, 0.3) is 0 Å². The van der Waals surface area contributed by atoms with Crippen LogP contribution in [0.15, 0.2) is 0 Å². The molecular formula is C14H25NO4. The molecule has 0 aromatic carbocycles. The third kappa shape index (κ3) is 5.19. The summed E-state index contributed by atoms with van der Waals surface area (Å²) in [4.78, 5) is 23.0. The predicted octanol–water partition coefficient (Wildman–Crippen LogP) is 1.81. The second-order valence-corrected chi connectivity index (χ2v) is 5.93. The van der Waals surface area contributed by atoms with E-state index in [1.807, 2.05) is 13.8 Å². The van der Waals surface area contributed by atoms with E-state index in [1.165, 1.54) is 0 Å². The van der Waals surface area contributed by atoms with Crippen molar-refractivity contribution in [1.29, 1.82) is 0 Å². The minimum atomic E-state index is -0.740. The molecule has 1 amide bonds. The highest BCUT2D eigenvalue weighted by Crippen LogP contribution is 2.29. The molecule has 110 valence electrons. The lowest BCUT2D eigenvalue weighted by Crippen LogP contribution is -2.39. The number of hydrogen-bond donors (Lipinski definition) is 2. The Balaban J connectivity index is 2.42. The SMILES string of the molecule is COC(C)(C)CC(=O)NCC1CCCCC1C(=O)O. The fraction of sp³-hybridized carbons (Fsp3) is 0.857. The van der Waals surface area contributed by atoms with Crippen LogP contribution in [0.1, 0.15) is 46.0 Å². The minimum absolute atomic E-state index is 0.0563. The Bertz CT molecular complexity index is 327. The summed E-state index contributed by atoms with van der Waals surface area (Å²) >= 11 is 0. The summed E-state index contributed by atoms with van der Waals surface area (Å²) in [6.45, 7) is 4.16. The number of hydrogen-bond acceptors (Lipinski definition) is 3. The normalized spacial score (nSPS) is 23.9. The summed E-state index contributed by atoms with van der Waals surface area (Å²) in [5.41, 5.74) is -0.483. The topological polar surface area (TPSA) is 75.6 Å². The number of ether oxygens (including phenoxy) is 1. The molecule has 0 aromatic heterocycles. The molecule has 1 fully saturated rings. The van der Waals surface area contributed by atoms with Crippen LogP contribution in [0, 0.1) is 11.8 Å². The van der Waals surface area contributed by atoms with Crippen LogP contribution in [0.5, 0.6) is 0 Å². The second-order valence-electron chi connectivity index (χ2n) is 5.93. The Kier molecular flexibility index (Phi) is 5.79. The molecule has 1 aliphatic rings. The van der Waals surface area contributed by atoms with E-state index < -0.39 is 11.6 Å². The van der Waals surface area contributed by atoms with Crippen LogP contribution in [0.4, 0.5) is 0 Å². The predicted molar refractivity (Wildman–Crippen MR) is 71.8 cm³/mol. The largest absolute Gasteiger partial charge is 0.481 e. The van der Waals surface area contributed by atoms with Crippen molar-refractivity contribution in [3.05, 3.63) is 0 Å². The van der Waals surface area contributed by atoms with Crippen molar-refractivity contribution in [3.8, 4) is 0 Å². The molecule has 0 aromatic rings. The molecule has 1 rings (SSSR count). The molecule has 2 N–H and O–H groups in total. The van der Waals surface area contributed by atoms with Crippen molar-refractivity contribution in [2.24, 2.45) is 11.8 Å². The highest BCUT2D eigenvalue weighted by molar-refractivity contribution is 5.77. The quantitative estimate of drug-likeness (QED) is 0.772. The summed E-state index contributed by atoms with van der Waals surface area (Å²) in [7, 11) is 1.58. The molecule has 1 saturated carbocycles. The number of carboxylic acids is 1. The van der Waals surface area contributed by atoms with Gasteiger partial charge in [-0.15, -0.1) is 0 Å². The fourth-order valence-corrected chi connectivity index (χ4v) is 2.54. The molecule has 1 aliphatic carbocycles. The average molecular weight is 271 g/mol. The Labute approximate surface area is 114 Å². The van der Waals surface area contributed by atoms with E-state index in [4.69, 9.17) is 9.84 Å². The van der Waals surface area contributed by atoms with E-state index in [2.05, 4.69) is 5.32 Å². The van der Waals surface area contributed by atoms with Crippen LogP contribution in [-0.4, -0.2) is 36.2 Å².